The summed E-state index contributed by atoms with van der Waals surface area (Å²) in [6.45, 7) is 0.0906. The molecule has 0 aliphatic carbocycles. The van der Waals surface area contributed by atoms with Gasteiger partial charge >= 0.3 is 0 Å². The Kier molecular flexibility index (Phi) is 4.98. The molecule has 0 atom stereocenters. The highest BCUT2D eigenvalue weighted by Crippen LogP contribution is 2.18. The van der Waals surface area contributed by atoms with Crippen molar-refractivity contribution >= 4 is 5.78 Å². The first-order chi connectivity index (χ1) is 10.1. The summed E-state index contributed by atoms with van der Waals surface area (Å²) >= 11 is 0. The van der Waals surface area contributed by atoms with Gasteiger partial charge in [-0.05, 0) is 42.8 Å². The number of hydrogen-bond donors (Lipinski definition) is 0. The third-order valence-electron chi connectivity index (χ3n) is 2.87. The Bertz CT molecular complexity index is 624. The first kappa shape index (κ1) is 15.1. The van der Waals surface area contributed by atoms with Crippen molar-refractivity contribution in [3.8, 4) is 5.75 Å². The van der Waals surface area contributed by atoms with Gasteiger partial charge in [-0.2, -0.15) is 0 Å². The predicted molar refractivity (Wildman–Crippen MR) is 71.8 cm³/mol. The van der Waals surface area contributed by atoms with Gasteiger partial charge in [-0.15, -0.1) is 0 Å². The van der Waals surface area contributed by atoms with Crippen LogP contribution < -0.4 is 4.74 Å². The Balaban J connectivity index is 1.80. The first-order valence-corrected chi connectivity index (χ1v) is 6.43. The van der Waals surface area contributed by atoms with Gasteiger partial charge in [0.2, 0.25) is 0 Å². The molecule has 0 saturated heterocycles. The average Bonchev–Trinajstić information content (AvgIpc) is 2.47. The van der Waals surface area contributed by atoms with Crippen molar-refractivity contribution < 1.29 is 22.7 Å². The Labute approximate surface area is 120 Å². The number of ketones is 1. The maximum Gasteiger partial charge on any atom is 0.165 e. The van der Waals surface area contributed by atoms with Crippen LogP contribution in [-0.4, -0.2) is 12.4 Å². The topological polar surface area (TPSA) is 26.3 Å². The third kappa shape index (κ3) is 4.34. The zero-order valence-corrected chi connectivity index (χ0v) is 11.1. The molecule has 0 heterocycles. The predicted octanol–water partition coefficient (Wildman–Crippen LogP) is 4.15. The van der Waals surface area contributed by atoms with Crippen molar-refractivity contribution in [2.75, 3.05) is 6.61 Å². The van der Waals surface area contributed by atoms with E-state index < -0.39 is 17.5 Å². The van der Waals surface area contributed by atoms with Crippen LogP contribution in [0.4, 0.5) is 13.2 Å². The molecule has 0 N–H and O–H groups in total. The van der Waals surface area contributed by atoms with Gasteiger partial charge in [0.1, 0.15) is 11.6 Å². The molecule has 0 amide bonds. The lowest BCUT2D eigenvalue weighted by molar-refractivity contribution is 0.0973. The van der Waals surface area contributed by atoms with Gasteiger partial charge in [0, 0.05) is 18.1 Å². The fourth-order valence-electron chi connectivity index (χ4n) is 1.78. The van der Waals surface area contributed by atoms with Gasteiger partial charge in [-0.1, -0.05) is 0 Å². The minimum Gasteiger partial charge on any atom is -0.490 e. The van der Waals surface area contributed by atoms with Crippen molar-refractivity contribution in [2.24, 2.45) is 0 Å². The molecule has 0 aliphatic rings. The van der Waals surface area contributed by atoms with Crippen molar-refractivity contribution in [3.05, 3.63) is 65.5 Å². The van der Waals surface area contributed by atoms with Crippen LogP contribution in [0.1, 0.15) is 23.2 Å². The van der Waals surface area contributed by atoms with Crippen molar-refractivity contribution in [1.82, 2.24) is 0 Å². The minimum absolute atomic E-state index is 0.0906. The number of carbonyl (C=O) groups is 1. The lowest BCUT2D eigenvalue weighted by Crippen LogP contribution is -2.05. The third-order valence-corrected chi connectivity index (χ3v) is 2.87. The lowest BCUT2D eigenvalue weighted by Gasteiger charge is -2.07. The number of rotatable bonds is 6. The summed E-state index contributed by atoms with van der Waals surface area (Å²) < 4.78 is 44.0. The molecule has 0 spiro atoms. The van der Waals surface area contributed by atoms with E-state index in [4.69, 9.17) is 4.74 Å². The number of hydrogen-bond acceptors (Lipinski definition) is 2. The molecule has 21 heavy (non-hydrogen) atoms. The zero-order valence-electron chi connectivity index (χ0n) is 11.1. The second-order valence-corrected chi connectivity index (χ2v) is 4.46. The van der Waals surface area contributed by atoms with E-state index in [1.165, 1.54) is 24.3 Å². The van der Waals surface area contributed by atoms with Crippen LogP contribution in [-0.2, 0) is 0 Å². The van der Waals surface area contributed by atoms with E-state index in [1.54, 1.807) is 0 Å². The highest BCUT2D eigenvalue weighted by molar-refractivity contribution is 5.95. The monoisotopic (exact) mass is 294 g/mol. The summed E-state index contributed by atoms with van der Waals surface area (Å²) in [6, 6.07) is 8.18. The largest absolute Gasteiger partial charge is 0.490 e. The quantitative estimate of drug-likeness (QED) is 0.591. The molecule has 0 unspecified atom stereocenters. The Morgan fingerprint density at radius 2 is 1.62 bits per heavy atom. The highest BCUT2D eigenvalue weighted by atomic mass is 19.1. The van der Waals surface area contributed by atoms with Gasteiger partial charge in [0.15, 0.2) is 17.3 Å². The van der Waals surface area contributed by atoms with Crippen LogP contribution in [0.2, 0.25) is 0 Å². The molecule has 2 aromatic rings. The van der Waals surface area contributed by atoms with Crippen LogP contribution in [0.3, 0.4) is 0 Å². The van der Waals surface area contributed by atoms with Gasteiger partial charge < -0.3 is 4.74 Å². The van der Waals surface area contributed by atoms with Gasteiger partial charge in [0.25, 0.3) is 0 Å². The van der Waals surface area contributed by atoms with E-state index in [0.717, 1.165) is 18.2 Å². The molecule has 2 rings (SSSR count). The van der Waals surface area contributed by atoms with E-state index in [9.17, 15) is 18.0 Å². The molecule has 2 nitrogen and oxygen atoms in total. The SMILES string of the molecule is O=C(CCCOc1cc(F)ccc1F)c1ccc(F)cc1. The molecule has 0 aliphatic heterocycles. The van der Waals surface area contributed by atoms with Crippen LogP contribution in [0.15, 0.2) is 42.5 Å². The molecule has 5 heteroatoms. The molecule has 0 fully saturated rings. The fraction of sp³-hybridized carbons (Fsp3) is 0.188. The molecule has 0 saturated carbocycles. The maximum absolute atomic E-state index is 13.3. The highest BCUT2D eigenvalue weighted by Gasteiger charge is 2.08. The smallest absolute Gasteiger partial charge is 0.165 e. The number of carbonyl (C=O) groups excluding carboxylic acids is 1. The Hall–Kier alpha value is -2.30. The van der Waals surface area contributed by atoms with E-state index >= 15 is 0 Å². The average molecular weight is 294 g/mol. The summed E-state index contributed by atoms with van der Waals surface area (Å²) in [5.74, 6) is -1.98. The second-order valence-electron chi connectivity index (χ2n) is 4.46. The first-order valence-electron chi connectivity index (χ1n) is 6.43. The summed E-state index contributed by atoms with van der Waals surface area (Å²) in [5.41, 5.74) is 0.410. The van der Waals surface area contributed by atoms with E-state index in [-0.39, 0.29) is 24.6 Å². The normalized spacial score (nSPS) is 10.4. The number of Topliss-reactive ketones (excluding diaryl/α,β-unsaturated/α-hetero) is 1. The van der Waals surface area contributed by atoms with Crippen LogP contribution in [0.25, 0.3) is 0 Å². The molecular formula is C16H13F3O2. The zero-order chi connectivity index (χ0) is 15.2. The lowest BCUT2D eigenvalue weighted by atomic mass is 10.1. The maximum atomic E-state index is 13.3. The number of halogens is 3. The van der Waals surface area contributed by atoms with Crippen LogP contribution >= 0.6 is 0 Å². The Morgan fingerprint density at radius 1 is 0.952 bits per heavy atom. The van der Waals surface area contributed by atoms with Gasteiger partial charge in [-0.25, -0.2) is 13.2 Å². The fourth-order valence-corrected chi connectivity index (χ4v) is 1.78. The molecule has 110 valence electrons. The van der Waals surface area contributed by atoms with E-state index in [1.807, 2.05) is 0 Å². The second kappa shape index (κ2) is 6.92. The molecule has 2 aromatic carbocycles. The summed E-state index contributed by atoms with van der Waals surface area (Å²) in [7, 11) is 0. The summed E-state index contributed by atoms with van der Waals surface area (Å²) in [6.07, 6.45) is 0.536. The Morgan fingerprint density at radius 3 is 2.33 bits per heavy atom. The van der Waals surface area contributed by atoms with Gasteiger partial charge in [0.05, 0.1) is 6.61 Å². The van der Waals surface area contributed by atoms with E-state index in [0.29, 0.717) is 12.0 Å². The molecule has 0 bridgehead atoms. The minimum atomic E-state index is -0.652. The molecule has 0 aromatic heterocycles. The van der Waals surface area contributed by atoms with E-state index in [2.05, 4.69) is 0 Å². The number of ether oxygens (including phenoxy) is 1. The summed E-state index contributed by atoms with van der Waals surface area (Å²) in [5, 5.41) is 0. The van der Waals surface area contributed by atoms with Crippen molar-refractivity contribution in [3.63, 3.8) is 0 Å². The molecular weight excluding hydrogens is 281 g/mol. The molecule has 0 radical (unpaired) electrons. The van der Waals surface area contributed by atoms with Crippen molar-refractivity contribution in [1.29, 1.82) is 0 Å². The summed E-state index contributed by atoms with van der Waals surface area (Å²) in [4.78, 5) is 11.8. The standard InChI is InChI=1S/C16H13F3O2/c17-12-5-3-11(4-6-12)15(20)2-1-9-21-16-10-13(18)7-8-14(16)19/h3-8,10H,1-2,9H2. The van der Waals surface area contributed by atoms with Gasteiger partial charge in [-0.3, -0.25) is 4.79 Å². The number of benzene rings is 2. The van der Waals surface area contributed by atoms with Crippen molar-refractivity contribution in [2.45, 2.75) is 12.8 Å². The van der Waals surface area contributed by atoms with Crippen LogP contribution in [0.5, 0.6) is 5.75 Å². The van der Waals surface area contributed by atoms with Crippen LogP contribution in [0, 0.1) is 17.5 Å².